The normalized spacial score (nSPS) is 16.3. The number of para-hydroxylation sites is 1. The van der Waals surface area contributed by atoms with Crippen molar-refractivity contribution >= 4 is 11.6 Å². The number of rotatable bonds is 7. The van der Waals surface area contributed by atoms with E-state index >= 15 is 0 Å². The van der Waals surface area contributed by atoms with E-state index in [1.807, 2.05) is 0 Å². The Morgan fingerprint density at radius 1 is 1.08 bits per heavy atom. The molecule has 2 aromatic carbocycles. The average molecular weight is 378 g/mol. The minimum absolute atomic E-state index is 0.0650. The third kappa shape index (κ3) is 5.36. The maximum atomic E-state index is 14.2. The molecule has 3 rings (SSSR count). The van der Waals surface area contributed by atoms with Crippen LogP contribution in [-0.2, 0) is 0 Å². The molecule has 140 valence electrons. The number of halogens is 2. The summed E-state index contributed by atoms with van der Waals surface area (Å²) < 4.78 is 25.7. The highest BCUT2D eigenvalue weighted by molar-refractivity contribution is 6.30. The van der Waals surface area contributed by atoms with Crippen molar-refractivity contribution in [1.29, 1.82) is 0 Å². The summed E-state index contributed by atoms with van der Waals surface area (Å²) in [6.45, 7) is 0.344. The first-order chi connectivity index (χ1) is 12.6. The molecule has 5 heteroatoms. The zero-order valence-electron chi connectivity index (χ0n) is 14.8. The number of hydrogen-bond donors (Lipinski definition) is 1. The minimum atomic E-state index is -0.474. The van der Waals surface area contributed by atoms with Crippen LogP contribution in [0, 0.1) is 11.7 Å². The van der Waals surface area contributed by atoms with Gasteiger partial charge in [0.25, 0.3) is 0 Å². The molecule has 0 unspecified atom stereocenters. The Kier molecular flexibility index (Phi) is 6.75. The largest absolute Gasteiger partial charge is 0.488 e. The van der Waals surface area contributed by atoms with Gasteiger partial charge in [-0.3, -0.25) is 0 Å². The van der Waals surface area contributed by atoms with Gasteiger partial charge in [0.2, 0.25) is 5.75 Å². The quantitative estimate of drug-likeness (QED) is 0.648. The van der Waals surface area contributed by atoms with Crippen molar-refractivity contribution in [1.82, 2.24) is 0 Å². The molecule has 2 aromatic rings. The van der Waals surface area contributed by atoms with E-state index in [0.29, 0.717) is 29.0 Å². The van der Waals surface area contributed by atoms with E-state index < -0.39 is 5.82 Å². The van der Waals surface area contributed by atoms with Crippen molar-refractivity contribution in [2.45, 2.75) is 44.6 Å². The SMILES string of the molecule is N[C@H](COc1cccc(F)c1Oc1ccc(Cl)cc1)CC1CCCCC1. The number of nitrogens with two attached hydrogens (primary N) is 1. The van der Waals surface area contributed by atoms with Crippen LogP contribution in [-0.4, -0.2) is 12.6 Å². The lowest BCUT2D eigenvalue weighted by atomic mass is 9.85. The Hall–Kier alpha value is -1.78. The van der Waals surface area contributed by atoms with Crippen LogP contribution in [0.4, 0.5) is 4.39 Å². The molecule has 2 N–H and O–H groups in total. The molecule has 3 nitrogen and oxygen atoms in total. The monoisotopic (exact) mass is 377 g/mol. The fraction of sp³-hybridized carbons (Fsp3) is 0.429. The highest BCUT2D eigenvalue weighted by Crippen LogP contribution is 2.35. The molecule has 0 saturated heterocycles. The second-order valence-corrected chi connectivity index (χ2v) is 7.37. The average Bonchev–Trinajstić information content (AvgIpc) is 2.65. The molecular formula is C21H25ClFNO2. The molecule has 1 fully saturated rings. The zero-order chi connectivity index (χ0) is 18.4. The van der Waals surface area contributed by atoms with Crippen molar-refractivity contribution in [3.05, 3.63) is 53.3 Å². The van der Waals surface area contributed by atoms with Gasteiger partial charge in [-0.25, -0.2) is 4.39 Å². The lowest BCUT2D eigenvalue weighted by molar-refractivity contribution is 0.236. The molecule has 0 heterocycles. The Bertz CT molecular complexity index is 702. The van der Waals surface area contributed by atoms with Crippen molar-refractivity contribution < 1.29 is 13.9 Å². The van der Waals surface area contributed by atoms with E-state index in [1.54, 1.807) is 36.4 Å². The molecule has 1 aliphatic carbocycles. The fourth-order valence-electron chi connectivity index (χ4n) is 3.44. The Labute approximate surface area is 159 Å². The summed E-state index contributed by atoms with van der Waals surface area (Å²) in [5.41, 5.74) is 6.24. The van der Waals surface area contributed by atoms with Gasteiger partial charge in [0, 0.05) is 11.1 Å². The highest BCUT2D eigenvalue weighted by atomic mass is 35.5. The smallest absolute Gasteiger partial charge is 0.204 e. The summed E-state index contributed by atoms with van der Waals surface area (Å²) in [5, 5.41) is 0.594. The van der Waals surface area contributed by atoms with Gasteiger partial charge in [-0.2, -0.15) is 0 Å². The first kappa shape index (κ1) is 19.0. The summed E-state index contributed by atoms with van der Waals surface area (Å²) in [6, 6.07) is 11.3. The first-order valence-electron chi connectivity index (χ1n) is 9.22. The van der Waals surface area contributed by atoms with Crippen LogP contribution in [0.5, 0.6) is 17.2 Å². The second-order valence-electron chi connectivity index (χ2n) is 6.93. The molecule has 0 radical (unpaired) electrons. The summed E-state index contributed by atoms with van der Waals surface area (Å²) in [7, 11) is 0. The van der Waals surface area contributed by atoms with E-state index in [9.17, 15) is 4.39 Å². The Morgan fingerprint density at radius 3 is 2.54 bits per heavy atom. The molecule has 1 aliphatic rings. The highest BCUT2D eigenvalue weighted by Gasteiger charge is 2.18. The Morgan fingerprint density at radius 2 is 1.81 bits per heavy atom. The van der Waals surface area contributed by atoms with E-state index in [4.69, 9.17) is 26.8 Å². The number of benzene rings is 2. The standard InChI is InChI=1S/C21H25ClFNO2/c22-16-9-11-18(12-10-16)26-21-19(23)7-4-8-20(21)25-14-17(24)13-15-5-2-1-3-6-15/h4,7-12,15,17H,1-3,5-6,13-14,24H2/t17-/m0/s1. The fourth-order valence-corrected chi connectivity index (χ4v) is 3.56. The van der Waals surface area contributed by atoms with Gasteiger partial charge in [0.15, 0.2) is 11.6 Å². The van der Waals surface area contributed by atoms with E-state index in [-0.39, 0.29) is 11.8 Å². The van der Waals surface area contributed by atoms with E-state index in [2.05, 4.69) is 0 Å². The van der Waals surface area contributed by atoms with E-state index in [1.165, 1.54) is 38.2 Å². The third-order valence-corrected chi connectivity index (χ3v) is 5.03. The lowest BCUT2D eigenvalue weighted by Gasteiger charge is -2.24. The molecule has 0 aliphatic heterocycles. The topological polar surface area (TPSA) is 44.5 Å². The number of hydrogen-bond acceptors (Lipinski definition) is 3. The van der Waals surface area contributed by atoms with Crippen molar-refractivity contribution in [2.75, 3.05) is 6.61 Å². The summed E-state index contributed by atoms with van der Waals surface area (Å²) in [6.07, 6.45) is 7.36. The van der Waals surface area contributed by atoms with Crippen LogP contribution in [0.15, 0.2) is 42.5 Å². The molecule has 0 spiro atoms. The minimum Gasteiger partial charge on any atom is -0.488 e. The van der Waals surface area contributed by atoms with Gasteiger partial charge < -0.3 is 15.2 Å². The van der Waals surface area contributed by atoms with Gasteiger partial charge in [-0.1, -0.05) is 49.8 Å². The predicted octanol–water partition coefficient (Wildman–Crippen LogP) is 5.95. The summed E-state index contributed by atoms with van der Waals surface area (Å²) in [5.74, 6) is 1.13. The van der Waals surface area contributed by atoms with Crippen LogP contribution in [0.2, 0.25) is 5.02 Å². The second kappa shape index (κ2) is 9.24. The van der Waals surface area contributed by atoms with Gasteiger partial charge in [-0.05, 0) is 48.7 Å². The molecule has 1 atom stereocenters. The first-order valence-corrected chi connectivity index (χ1v) is 9.60. The molecule has 0 aromatic heterocycles. The van der Waals surface area contributed by atoms with Crippen molar-refractivity contribution in [3.63, 3.8) is 0 Å². The van der Waals surface area contributed by atoms with Gasteiger partial charge in [-0.15, -0.1) is 0 Å². The summed E-state index contributed by atoms with van der Waals surface area (Å²) >= 11 is 5.87. The molecule has 0 amide bonds. The van der Waals surface area contributed by atoms with Gasteiger partial charge in [0.05, 0.1) is 0 Å². The van der Waals surface area contributed by atoms with Gasteiger partial charge in [0.1, 0.15) is 12.4 Å². The molecule has 26 heavy (non-hydrogen) atoms. The molecular weight excluding hydrogens is 353 g/mol. The van der Waals surface area contributed by atoms with Crippen LogP contribution in [0.3, 0.4) is 0 Å². The maximum absolute atomic E-state index is 14.2. The van der Waals surface area contributed by atoms with Crippen molar-refractivity contribution in [3.8, 4) is 17.2 Å². The van der Waals surface area contributed by atoms with Crippen LogP contribution >= 0.6 is 11.6 Å². The lowest BCUT2D eigenvalue weighted by Crippen LogP contribution is -2.31. The van der Waals surface area contributed by atoms with Crippen molar-refractivity contribution in [2.24, 2.45) is 11.7 Å². The molecule has 1 saturated carbocycles. The maximum Gasteiger partial charge on any atom is 0.204 e. The third-order valence-electron chi connectivity index (χ3n) is 4.78. The van der Waals surface area contributed by atoms with E-state index in [0.717, 1.165) is 6.42 Å². The zero-order valence-corrected chi connectivity index (χ0v) is 15.6. The van der Waals surface area contributed by atoms with Gasteiger partial charge >= 0.3 is 0 Å². The summed E-state index contributed by atoms with van der Waals surface area (Å²) in [4.78, 5) is 0. The van der Waals surface area contributed by atoms with Crippen LogP contribution < -0.4 is 15.2 Å². The van der Waals surface area contributed by atoms with Crippen LogP contribution in [0.25, 0.3) is 0 Å². The van der Waals surface area contributed by atoms with Crippen LogP contribution in [0.1, 0.15) is 38.5 Å². The Balaban J connectivity index is 1.62. The number of ether oxygens (including phenoxy) is 2. The predicted molar refractivity (Wildman–Crippen MR) is 103 cm³/mol. The molecule has 0 bridgehead atoms.